The average Bonchev–Trinajstić information content (AvgIpc) is 2.27. The van der Waals surface area contributed by atoms with Gasteiger partial charge in [-0.15, -0.1) is 0 Å². The Balaban J connectivity index is 2.12. The smallest absolute Gasteiger partial charge is 0.0449 e. The van der Waals surface area contributed by atoms with Crippen molar-refractivity contribution in [3.63, 3.8) is 0 Å². The Kier molecular flexibility index (Phi) is 4.40. The fraction of sp³-hybridized carbons (Fsp3) is 0.600. The lowest BCUT2D eigenvalue weighted by atomic mass is 9.68. The Morgan fingerprint density at radius 1 is 1.44 bits per heavy atom. The molecule has 1 aromatic rings. The lowest BCUT2D eigenvalue weighted by Gasteiger charge is -2.39. The van der Waals surface area contributed by atoms with Crippen LogP contribution in [0.1, 0.15) is 38.7 Å². The van der Waals surface area contributed by atoms with Gasteiger partial charge in [-0.3, -0.25) is 0 Å². The first-order chi connectivity index (χ1) is 8.37. The van der Waals surface area contributed by atoms with Crippen LogP contribution in [0.2, 0.25) is 5.02 Å². The summed E-state index contributed by atoms with van der Waals surface area (Å²) >= 11 is 9.74. The second-order valence-corrected chi connectivity index (χ2v) is 7.59. The van der Waals surface area contributed by atoms with Crippen LogP contribution in [-0.2, 0) is 6.42 Å². The number of rotatable bonds is 2. The van der Waals surface area contributed by atoms with E-state index in [0.717, 1.165) is 22.3 Å². The number of nitrogens with two attached hydrogens (primary N) is 1. The molecule has 2 atom stereocenters. The van der Waals surface area contributed by atoms with E-state index in [1.165, 1.54) is 18.4 Å². The Labute approximate surface area is 123 Å². The molecule has 0 saturated heterocycles. The number of halogens is 2. The number of hydrogen-bond donors (Lipinski definition) is 1. The molecule has 3 heteroatoms. The molecule has 2 unspecified atom stereocenters. The minimum absolute atomic E-state index is 0.317. The van der Waals surface area contributed by atoms with Crippen molar-refractivity contribution in [3.05, 3.63) is 33.3 Å². The van der Waals surface area contributed by atoms with Gasteiger partial charge in [-0.1, -0.05) is 47.4 Å². The molecule has 2 rings (SSSR count). The van der Waals surface area contributed by atoms with Crippen molar-refractivity contribution in [1.82, 2.24) is 0 Å². The van der Waals surface area contributed by atoms with Crippen LogP contribution in [0, 0.1) is 11.3 Å². The summed E-state index contributed by atoms with van der Waals surface area (Å²) in [5, 5.41) is 0.847. The van der Waals surface area contributed by atoms with Crippen LogP contribution in [0.4, 0.5) is 0 Å². The van der Waals surface area contributed by atoms with Gasteiger partial charge in [0.2, 0.25) is 0 Å². The van der Waals surface area contributed by atoms with Crippen molar-refractivity contribution in [2.75, 3.05) is 0 Å². The first kappa shape index (κ1) is 14.4. The van der Waals surface area contributed by atoms with Crippen molar-refractivity contribution >= 4 is 27.5 Å². The molecule has 1 aromatic carbocycles. The van der Waals surface area contributed by atoms with Crippen LogP contribution in [0.25, 0.3) is 0 Å². The van der Waals surface area contributed by atoms with Crippen LogP contribution < -0.4 is 5.73 Å². The summed E-state index contributed by atoms with van der Waals surface area (Å²) in [6.45, 7) is 4.68. The van der Waals surface area contributed by atoms with Gasteiger partial charge in [-0.2, -0.15) is 0 Å². The van der Waals surface area contributed by atoms with E-state index in [9.17, 15) is 0 Å². The molecule has 0 radical (unpaired) electrons. The van der Waals surface area contributed by atoms with Crippen LogP contribution in [0.15, 0.2) is 22.7 Å². The minimum atomic E-state index is 0.317. The highest BCUT2D eigenvalue weighted by Crippen LogP contribution is 2.40. The van der Waals surface area contributed by atoms with Gasteiger partial charge in [0.25, 0.3) is 0 Å². The zero-order valence-electron chi connectivity index (χ0n) is 11.0. The quantitative estimate of drug-likeness (QED) is 0.828. The zero-order valence-corrected chi connectivity index (χ0v) is 13.4. The SMILES string of the molecule is CC1(C)CCC(N)C(Cc2ccc(Br)cc2Cl)C1. The normalized spacial score (nSPS) is 27.2. The predicted molar refractivity (Wildman–Crippen MR) is 82.0 cm³/mol. The predicted octanol–water partition coefficient (Wildman–Crippen LogP) is 4.80. The molecule has 1 nitrogen and oxygen atoms in total. The maximum Gasteiger partial charge on any atom is 0.0449 e. The lowest BCUT2D eigenvalue weighted by Crippen LogP contribution is -2.40. The molecule has 0 spiro atoms. The van der Waals surface area contributed by atoms with Crippen molar-refractivity contribution in [1.29, 1.82) is 0 Å². The molecule has 2 N–H and O–H groups in total. The molecular weight excluding hydrogens is 310 g/mol. The van der Waals surface area contributed by atoms with E-state index < -0.39 is 0 Å². The Morgan fingerprint density at radius 3 is 2.83 bits per heavy atom. The van der Waals surface area contributed by atoms with Crippen LogP contribution in [0.5, 0.6) is 0 Å². The van der Waals surface area contributed by atoms with Crippen molar-refractivity contribution in [2.24, 2.45) is 17.1 Å². The summed E-state index contributed by atoms with van der Waals surface area (Å²) in [7, 11) is 0. The van der Waals surface area contributed by atoms with Crippen molar-refractivity contribution in [3.8, 4) is 0 Å². The third-order valence-electron chi connectivity index (χ3n) is 4.07. The highest BCUT2D eigenvalue weighted by Gasteiger charge is 2.33. The average molecular weight is 331 g/mol. The first-order valence-corrected chi connectivity index (χ1v) is 7.74. The van der Waals surface area contributed by atoms with Gasteiger partial charge in [0.15, 0.2) is 0 Å². The Morgan fingerprint density at radius 2 is 2.17 bits per heavy atom. The summed E-state index contributed by atoms with van der Waals surface area (Å²) in [5.74, 6) is 0.549. The minimum Gasteiger partial charge on any atom is -0.327 e. The van der Waals surface area contributed by atoms with Gasteiger partial charge < -0.3 is 5.73 Å². The summed E-state index contributed by atoms with van der Waals surface area (Å²) < 4.78 is 1.03. The van der Waals surface area contributed by atoms with Crippen LogP contribution in [0.3, 0.4) is 0 Å². The summed E-state index contributed by atoms with van der Waals surface area (Å²) in [5.41, 5.74) is 7.91. The van der Waals surface area contributed by atoms with Gasteiger partial charge >= 0.3 is 0 Å². The number of benzene rings is 1. The van der Waals surface area contributed by atoms with E-state index >= 15 is 0 Å². The largest absolute Gasteiger partial charge is 0.327 e. The second-order valence-electron chi connectivity index (χ2n) is 6.27. The molecule has 1 saturated carbocycles. The molecule has 1 fully saturated rings. The molecule has 18 heavy (non-hydrogen) atoms. The van der Waals surface area contributed by atoms with E-state index in [-0.39, 0.29) is 0 Å². The molecule has 0 bridgehead atoms. The van der Waals surface area contributed by atoms with E-state index in [4.69, 9.17) is 17.3 Å². The molecule has 0 heterocycles. The van der Waals surface area contributed by atoms with Gasteiger partial charge in [-0.25, -0.2) is 0 Å². The summed E-state index contributed by atoms with van der Waals surface area (Å²) in [4.78, 5) is 0. The molecule has 1 aliphatic carbocycles. The van der Waals surface area contributed by atoms with E-state index in [0.29, 0.717) is 17.4 Å². The van der Waals surface area contributed by atoms with Gasteiger partial charge in [0, 0.05) is 15.5 Å². The third-order valence-corrected chi connectivity index (χ3v) is 4.92. The fourth-order valence-corrected chi connectivity index (χ4v) is 3.70. The first-order valence-electron chi connectivity index (χ1n) is 6.57. The molecule has 100 valence electrons. The van der Waals surface area contributed by atoms with Crippen LogP contribution >= 0.6 is 27.5 Å². The Bertz CT molecular complexity index is 431. The molecule has 1 aliphatic rings. The number of hydrogen-bond acceptors (Lipinski definition) is 1. The highest BCUT2D eigenvalue weighted by atomic mass is 79.9. The van der Waals surface area contributed by atoms with E-state index in [1.54, 1.807) is 0 Å². The topological polar surface area (TPSA) is 26.0 Å². The van der Waals surface area contributed by atoms with Gasteiger partial charge in [0.1, 0.15) is 0 Å². The van der Waals surface area contributed by atoms with Crippen molar-refractivity contribution < 1.29 is 0 Å². The van der Waals surface area contributed by atoms with E-state index in [2.05, 4.69) is 41.9 Å². The van der Waals surface area contributed by atoms with E-state index in [1.807, 2.05) is 6.07 Å². The molecule has 0 aliphatic heterocycles. The maximum atomic E-state index is 6.30. The van der Waals surface area contributed by atoms with Gasteiger partial charge in [0.05, 0.1) is 0 Å². The third kappa shape index (κ3) is 3.49. The lowest BCUT2D eigenvalue weighted by molar-refractivity contribution is 0.157. The monoisotopic (exact) mass is 329 g/mol. The maximum absolute atomic E-state index is 6.30. The van der Waals surface area contributed by atoms with Crippen molar-refractivity contribution in [2.45, 2.75) is 45.6 Å². The van der Waals surface area contributed by atoms with Gasteiger partial charge in [-0.05, 0) is 54.7 Å². The fourth-order valence-electron chi connectivity index (χ4n) is 2.95. The summed E-state index contributed by atoms with van der Waals surface area (Å²) in [6.07, 6.45) is 4.56. The van der Waals surface area contributed by atoms with Crippen LogP contribution in [-0.4, -0.2) is 6.04 Å². The Hall–Kier alpha value is -0.0500. The molecular formula is C15H21BrClN. The molecule has 0 amide bonds. The zero-order chi connectivity index (χ0) is 13.3. The molecule has 0 aromatic heterocycles. The standard InChI is InChI=1S/C15H21BrClN/c1-15(2)6-5-14(18)11(9-15)7-10-3-4-12(16)8-13(10)17/h3-4,8,11,14H,5-7,9,18H2,1-2H3. The highest BCUT2D eigenvalue weighted by molar-refractivity contribution is 9.10. The second kappa shape index (κ2) is 5.52. The summed E-state index contributed by atoms with van der Waals surface area (Å²) in [6, 6.07) is 6.45.